The third-order valence-electron chi connectivity index (χ3n) is 6.05. The van der Waals surface area contributed by atoms with Crippen molar-refractivity contribution >= 4 is 29.2 Å². The Kier molecular flexibility index (Phi) is 5.29. The Bertz CT molecular complexity index is 1100. The van der Waals surface area contributed by atoms with E-state index < -0.39 is 29.9 Å². The number of benzene rings is 2. The van der Waals surface area contributed by atoms with Gasteiger partial charge in [0.1, 0.15) is 12.1 Å². The maximum absolute atomic E-state index is 13.1. The highest BCUT2D eigenvalue weighted by Crippen LogP contribution is 2.37. The van der Waals surface area contributed by atoms with Crippen LogP contribution in [0.15, 0.2) is 42.5 Å². The summed E-state index contributed by atoms with van der Waals surface area (Å²) in [7, 11) is 0. The van der Waals surface area contributed by atoms with Crippen molar-refractivity contribution in [2.24, 2.45) is 0 Å². The number of imide groups is 1. The van der Waals surface area contributed by atoms with Gasteiger partial charge in [-0.2, -0.15) is 0 Å². The maximum atomic E-state index is 13.1. The SMILES string of the molecule is C[C@@]1(c2ccc3c(c2)OCO3)NC(=O)N(CC(=O)Nc2ccc(N3CCOCC3)cc2)C1=O. The highest BCUT2D eigenvalue weighted by molar-refractivity contribution is 6.10. The molecule has 10 heteroatoms. The van der Waals surface area contributed by atoms with E-state index in [9.17, 15) is 14.4 Å². The number of carbonyl (C=O) groups is 3. The van der Waals surface area contributed by atoms with Crippen LogP contribution in [0.1, 0.15) is 12.5 Å². The van der Waals surface area contributed by atoms with Crippen LogP contribution in [-0.4, -0.2) is 62.4 Å². The molecule has 0 saturated carbocycles. The first-order valence-corrected chi connectivity index (χ1v) is 10.7. The fourth-order valence-corrected chi connectivity index (χ4v) is 4.17. The number of nitrogens with zero attached hydrogens (tertiary/aromatic N) is 2. The van der Waals surface area contributed by atoms with E-state index in [1.54, 1.807) is 37.3 Å². The second kappa shape index (κ2) is 8.28. The summed E-state index contributed by atoms with van der Waals surface area (Å²) in [5.41, 5.74) is 0.872. The van der Waals surface area contributed by atoms with Gasteiger partial charge in [-0.05, 0) is 48.9 Å². The number of hydrogen-bond donors (Lipinski definition) is 2. The van der Waals surface area contributed by atoms with Crippen molar-refractivity contribution in [2.45, 2.75) is 12.5 Å². The van der Waals surface area contributed by atoms with Crippen LogP contribution in [0, 0.1) is 0 Å². The van der Waals surface area contributed by atoms with Gasteiger partial charge >= 0.3 is 6.03 Å². The number of urea groups is 1. The Morgan fingerprint density at radius 3 is 2.55 bits per heavy atom. The molecule has 3 aliphatic heterocycles. The minimum atomic E-state index is -1.31. The molecule has 2 aromatic carbocycles. The quantitative estimate of drug-likeness (QED) is 0.664. The summed E-state index contributed by atoms with van der Waals surface area (Å²) in [6.45, 7) is 4.34. The van der Waals surface area contributed by atoms with Crippen molar-refractivity contribution in [3.05, 3.63) is 48.0 Å². The molecule has 2 saturated heterocycles. The van der Waals surface area contributed by atoms with Crippen LogP contribution in [0.25, 0.3) is 0 Å². The van der Waals surface area contributed by atoms with Crippen LogP contribution in [-0.2, 0) is 19.9 Å². The van der Waals surface area contributed by atoms with Crippen LogP contribution >= 0.6 is 0 Å². The van der Waals surface area contributed by atoms with Crippen LogP contribution in [0.2, 0.25) is 0 Å². The Balaban J connectivity index is 1.24. The predicted molar refractivity (Wildman–Crippen MR) is 118 cm³/mol. The van der Waals surface area contributed by atoms with Crippen LogP contribution in [0.3, 0.4) is 0 Å². The van der Waals surface area contributed by atoms with Gasteiger partial charge in [0.2, 0.25) is 12.7 Å². The molecule has 0 aliphatic carbocycles. The second-order valence-corrected chi connectivity index (χ2v) is 8.21. The average Bonchev–Trinajstić information content (AvgIpc) is 3.38. The van der Waals surface area contributed by atoms with Gasteiger partial charge in [0.25, 0.3) is 5.91 Å². The Morgan fingerprint density at radius 1 is 1.06 bits per heavy atom. The van der Waals surface area contributed by atoms with E-state index in [1.807, 2.05) is 12.1 Å². The molecule has 33 heavy (non-hydrogen) atoms. The Morgan fingerprint density at radius 2 is 1.79 bits per heavy atom. The van der Waals surface area contributed by atoms with Gasteiger partial charge in [-0.15, -0.1) is 0 Å². The monoisotopic (exact) mass is 452 g/mol. The molecule has 2 aromatic rings. The van der Waals surface area contributed by atoms with Crippen molar-refractivity contribution < 1.29 is 28.6 Å². The summed E-state index contributed by atoms with van der Waals surface area (Å²) in [5.74, 6) is 0.110. The minimum absolute atomic E-state index is 0.107. The van der Waals surface area contributed by atoms with Gasteiger partial charge in [-0.1, -0.05) is 6.07 Å². The summed E-state index contributed by atoms with van der Waals surface area (Å²) >= 11 is 0. The predicted octanol–water partition coefficient (Wildman–Crippen LogP) is 1.66. The Labute approximate surface area is 190 Å². The lowest BCUT2D eigenvalue weighted by atomic mass is 9.91. The van der Waals surface area contributed by atoms with Crippen LogP contribution < -0.4 is 25.0 Å². The lowest BCUT2D eigenvalue weighted by Gasteiger charge is -2.28. The fourth-order valence-electron chi connectivity index (χ4n) is 4.17. The van der Waals surface area contributed by atoms with Crippen LogP contribution in [0.4, 0.5) is 16.2 Å². The van der Waals surface area contributed by atoms with Crippen LogP contribution in [0.5, 0.6) is 11.5 Å². The molecule has 2 N–H and O–H groups in total. The number of carbonyl (C=O) groups excluding carboxylic acids is 3. The molecule has 5 rings (SSSR count). The molecular formula is C23H24N4O6. The van der Waals surface area contributed by atoms with E-state index in [0.717, 1.165) is 23.7 Å². The molecule has 0 bridgehead atoms. The first-order valence-electron chi connectivity index (χ1n) is 10.7. The zero-order valence-corrected chi connectivity index (χ0v) is 18.1. The van der Waals surface area contributed by atoms with Crippen molar-refractivity contribution in [3.8, 4) is 11.5 Å². The summed E-state index contributed by atoms with van der Waals surface area (Å²) in [6, 6.07) is 11.9. The molecule has 3 heterocycles. The number of morpholine rings is 1. The molecule has 0 aromatic heterocycles. The number of ether oxygens (including phenoxy) is 3. The number of fused-ring (bicyclic) bond motifs is 1. The van der Waals surface area contributed by atoms with E-state index in [2.05, 4.69) is 15.5 Å². The zero-order valence-electron chi connectivity index (χ0n) is 18.1. The van der Waals surface area contributed by atoms with Gasteiger partial charge < -0.3 is 29.7 Å². The third kappa shape index (κ3) is 3.93. The molecule has 0 spiro atoms. The fraction of sp³-hybridized carbons (Fsp3) is 0.348. The largest absolute Gasteiger partial charge is 0.454 e. The molecule has 4 amide bonds. The van der Waals surface area contributed by atoms with Crippen molar-refractivity contribution in [3.63, 3.8) is 0 Å². The smallest absolute Gasteiger partial charge is 0.325 e. The number of hydrogen-bond acceptors (Lipinski definition) is 7. The molecule has 0 radical (unpaired) electrons. The molecule has 0 unspecified atom stereocenters. The molecule has 10 nitrogen and oxygen atoms in total. The van der Waals surface area contributed by atoms with Gasteiger partial charge in [-0.25, -0.2) is 4.79 Å². The summed E-state index contributed by atoms with van der Waals surface area (Å²) < 4.78 is 16.0. The highest BCUT2D eigenvalue weighted by Gasteiger charge is 2.49. The number of amides is 4. The van der Waals surface area contributed by atoms with Gasteiger partial charge in [-0.3, -0.25) is 14.5 Å². The standard InChI is InChI=1S/C23H24N4O6/c1-23(15-2-7-18-19(12-15)33-14-32-18)21(29)27(22(30)25-23)13-20(28)24-16-3-5-17(6-4-16)26-8-10-31-11-9-26/h2-7,12H,8-11,13-14H2,1H3,(H,24,28)(H,25,30)/t23-/m0/s1. The van der Waals surface area contributed by atoms with E-state index in [4.69, 9.17) is 14.2 Å². The first-order chi connectivity index (χ1) is 15.9. The highest BCUT2D eigenvalue weighted by atomic mass is 16.7. The molecule has 2 fully saturated rings. The van der Waals surface area contributed by atoms with E-state index in [-0.39, 0.29) is 6.79 Å². The van der Waals surface area contributed by atoms with Crippen molar-refractivity contribution in [2.75, 3.05) is 49.9 Å². The minimum Gasteiger partial charge on any atom is -0.454 e. The first kappa shape index (κ1) is 21.1. The topological polar surface area (TPSA) is 109 Å². The summed E-state index contributed by atoms with van der Waals surface area (Å²) in [4.78, 5) is 41.4. The molecule has 1 atom stereocenters. The van der Waals surface area contributed by atoms with Gasteiger partial charge in [0, 0.05) is 24.5 Å². The number of nitrogens with one attached hydrogen (secondary N) is 2. The van der Waals surface area contributed by atoms with Crippen molar-refractivity contribution in [1.29, 1.82) is 0 Å². The second-order valence-electron chi connectivity index (χ2n) is 8.21. The van der Waals surface area contributed by atoms with E-state index in [0.29, 0.717) is 36.0 Å². The van der Waals surface area contributed by atoms with Crippen molar-refractivity contribution in [1.82, 2.24) is 10.2 Å². The molecular weight excluding hydrogens is 428 g/mol. The molecule has 3 aliphatic rings. The zero-order chi connectivity index (χ0) is 23.0. The lowest BCUT2D eigenvalue weighted by Crippen LogP contribution is -2.42. The summed E-state index contributed by atoms with van der Waals surface area (Å²) in [5, 5.41) is 5.44. The molecule has 172 valence electrons. The number of anilines is 2. The van der Waals surface area contributed by atoms with Gasteiger partial charge in [0.15, 0.2) is 11.5 Å². The number of rotatable bonds is 5. The lowest BCUT2D eigenvalue weighted by molar-refractivity contribution is -0.133. The normalized spacial score (nSPS) is 21.8. The average molecular weight is 452 g/mol. The van der Waals surface area contributed by atoms with E-state index >= 15 is 0 Å². The summed E-state index contributed by atoms with van der Waals surface area (Å²) in [6.07, 6.45) is 0. The Hall–Kier alpha value is -3.79. The third-order valence-corrected chi connectivity index (χ3v) is 6.05. The van der Waals surface area contributed by atoms with E-state index in [1.165, 1.54) is 0 Å². The van der Waals surface area contributed by atoms with Gasteiger partial charge in [0.05, 0.1) is 13.2 Å². The maximum Gasteiger partial charge on any atom is 0.325 e.